The van der Waals surface area contributed by atoms with Crippen molar-refractivity contribution in [2.75, 3.05) is 78.8 Å². The van der Waals surface area contributed by atoms with Crippen LogP contribution in [0.1, 0.15) is 29.4 Å². The van der Waals surface area contributed by atoms with Crippen molar-refractivity contribution in [1.82, 2.24) is 39.9 Å². The molecule has 0 aliphatic carbocycles. The number of rotatable bonds is 12. The molecule has 1 saturated heterocycles. The quantitative estimate of drug-likeness (QED) is 0.199. The monoisotopic (exact) mass is 713 g/mol. The molecule has 12 nitrogen and oxygen atoms in total. The highest BCUT2D eigenvalue weighted by Gasteiger charge is 2.34. The van der Waals surface area contributed by atoms with Gasteiger partial charge in [-0.15, -0.1) is 11.3 Å². The van der Waals surface area contributed by atoms with Crippen LogP contribution in [0.5, 0.6) is 0 Å². The Kier molecular flexibility index (Phi) is 11.9. The van der Waals surface area contributed by atoms with Crippen molar-refractivity contribution in [1.29, 1.82) is 0 Å². The number of thiazole rings is 1. The SMILES string of the molecule is CCCNC(=O)Nc1cc(-c2nc(C(F)(F)F)cs2)c(-c2ccc3c(=O)c(C(=O)NCCN(C)C)cn(CCN4CCN(C)CC4)c3c2)cn1. The molecule has 16 heteroatoms. The summed E-state index contributed by atoms with van der Waals surface area (Å²) in [5.41, 5.74) is 0.504. The van der Waals surface area contributed by atoms with E-state index in [0.29, 0.717) is 60.3 Å². The summed E-state index contributed by atoms with van der Waals surface area (Å²) >= 11 is 0.828. The van der Waals surface area contributed by atoms with Gasteiger partial charge in [-0.3, -0.25) is 19.8 Å². The van der Waals surface area contributed by atoms with E-state index in [2.05, 4.69) is 42.8 Å². The first-order chi connectivity index (χ1) is 23.8. The Balaban J connectivity index is 1.59. The van der Waals surface area contributed by atoms with E-state index in [1.54, 1.807) is 24.4 Å². The normalized spacial score (nSPS) is 14.3. The lowest BCUT2D eigenvalue weighted by molar-refractivity contribution is -0.140. The van der Waals surface area contributed by atoms with Crippen molar-refractivity contribution in [3.05, 3.63) is 63.5 Å². The van der Waals surface area contributed by atoms with Gasteiger partial charge < -0.3 is 25.0 Å². The number of hydrogen-bond acceptors (Lipinski definition) is 9. The van der Waals surface area contributed by atoms with E-state index >= 15 is 0 Å². The van der Waals surface area contributed by atoms with Gasteiger partial charge in [-0.05, 0) is 51.3 Å². The van der Waals surface area contributed by atoms with Gasteiger partial charge in [0.15, 0.2) is 5.69 Å². The Bertz CT molecular complexity index is 1890. The van der Waals surface area contributed by atoms with Crippen LogP contribution in [0.15, 0.2) is 46.8 Å². The summed E-state index contributed by atoms with van der Waals surface area (Å²) in [5, 5.41) is 9.53. The van der Waals surface area contributed by atoms with Gasteiger partial charge in [-0.1, -0.05) is 13.0 Å². The summed E-state index contributed by atoms with van der Waals surface area (Å²) in [7, 11) is 5.87. The second kappa shape index (κ2) is 16.1. The summed E-state index contributed by atoms with van der Waals surface area (Å²) in [5.74, 6) is -0.325. The second-order valence-electron chi connectivity index (χ2n) is 12.5. The fraction of sp³-hybridized carbons (Fsp3) is 0.441. The Hall–Kier alpha value is -4.38. The fourth-order valence-electron chi connectivity index (χ4n) is 5.57. The Morgan fingerprint density at radius 2 is 1.78 bits per heavy atom. The zero-order valence-corrected chi connectivity index (χ0v) is 29.4. The van der Waals surface area contributed by atoms with Gasteiger partial charge in [0.2, 0.25) is 5.43 Å². The van der Waals surface area contributed by atoms with Crippen LogP contribution in [0.4, 0.5) is 23.8 Å². The van der Waals surface area contributed by atoms with Crippen molar-refractivity contribution >= 4 is 40.0 Å². The van der Waals surface area contributed by atoms with E-state index < -0.39 is 29.2 Å². The first-order valence-electron chi connectivity index (χ1n) is 16.4. The number of aromatic nitrogens is 3. The number of carbonyl (C=O) groups is 2. The van der Waals surface area contributed by atoms with Gasteiger partial charge in [-0.25, -0.2) is 14.8 Å². The number of alkyl halides is 3. The third-order valence-electron chi connectivity index (χ3n) is 8.44. The number of fused-ring (bicyclic) bond motifs is 1. The lowest BCUT2D eigenvalue weighted by Gasteiger charge is -2.32. The topological polar surface area (TPSA) is 128 Å². The molecule has 0 unspecified atom stereocenters. The van der Waals surface area contributed by atoms with Crippen LogP contribution in [0.3, 0.4) is 0 Å². The van der Waals surface area contributed by atoms with Crippen molar-refractivity contribution in [2.45, 2.75) is 26.1 Å². The van der Waals surface area contributed by atoms with E-state index in [1.807, 2.05) is 30.5 Å². The lowest BCUT2D eigenvalue weighted by atomic mass is 9.99. The number of anilines is 1. The van der Waals surface area contributed by atoms with Gasteiger partial charge >= 0.3 is 12.2 Å². The minimum atomic E-state index is -4.64. The van der Waals surface area contributed by atoms with Gasteiger partial charge in [-0.2, -0.15) is 13.2 Å². The van der Waals surface area contributed by atoms with Crippen LogP contribution < -0.4 is 21.4 Å². The molecule has 3 N–H and O–H groups in total. The summed E-state index contributed by atoms with van der Waals surface area (Å²) in [6.07, 6.45) is -0.857. The number of halogens is 3. The minimum absolute atomic E-state index is 0.0315. The molecule has 3 aromatic heterocycles. The number of benzene rings is 1. The third-order valence-corrected chi connectivity index (χ3v) is 9.32. The molecular formula is C34H42F3N9O3S. The molecule has 5 rings (SSSR count). The predicted molar refractivity (Wildman–Crippen MR) is 190 cm³/mol. The molecule has 0 spiro atoms. The Morgan fingerprint density at radius 1 is 1.02 bits per heavy atom. The fourth-order valence-corrected chi connectivity index (χ4v) is 6.43. The maximum atomic E-state index is 13.7. The number of carbonyl (C=O) groups excluding carboxylic acids is 2. The average molecular weight is 714 g/mol. The van der Waals surface area contributed by atoms with Gasteiger partial charge in [0, 0.05) is 93.2 Å². The number of amides is 3. The zero-order valence-electron chi connectivity index (χ0n) is 28.6. The largest absolute Gasteiger partial charge is 0.434 e. The number of hydrogen-bond donors (Lipinski definition) is 3. The molecule has 4 heterocycles. The van der Waals surface area contributed by atoms with Gasteiger partial charge in [0.05, 0.1) is 5.52 Å². The number of nitrogens with zero attached hydrogens (tertiary/aromatic N) is 6. The van der Waals surface area contributed by atoms with E-state index in [4.69, 9.17) is 0 Å². The first-order valence-corrected chi connectivity index (χ1v) is 17.3. The van der Waals surface area contributed by atoms with Gasteiger partial charge in [0.1, 0.15) is 16.4 Å². The van der Waals surface area contributed by atoms with Crippen LogP contribution in [0, 0.1) is 0 Å². The summed E-state index contributed by atoms with van der Waals surface area (Å²) in [6, 6.07) is 6.10. The lowest BCUT2D eigenvalue weighted by Crippen LogP contribution is -2.45. The molecule has 1 aliphatic rings. The van der Waals surface area contributed by atoms with Crippen LogP contribution in [-0.4, -0.2) is 115 Å². The number of pyridine rings is 2. The molecule has 0 saturated carbocycles. The molecule has 1 aromatic carbocycles. The maximum absolute atomic E-state index is 13.7. The molecule has 0 radical (unpaired) electrons. The van der Waals surface area contributed by atoms with Crippen LogP contribution in [-0.2, 0) is 12.7 Å². The molecular weight excluding hydrogens is 671 g/mol. The molecule has 3 amide bonds. The van der Waals surface area contributed by atoms with Gasteiger partial charge in [0.25, 0.3) is 5.91 Å². The van der Waals surface area contributed by atoms with Crippen molar-refractivity contribution in [3.8, 4) is 21.7 Å². The van der Waals surface area contributed by atoms with E-state index in [0.717, 1.165) is 49.3 Å². The van der Waals surface area contributed by atoms with Crippen LogP contribution in [0.25, 0.3) is 32.6 Å². The van der Waals surface area contributed by atoms with E-state index in [-0.39, 0.29) is 16.4 Å². The second-order valence-corrected chi connectivity index (χ2v) is 13.4. The van der Waals surface area contributed by atoms with Crippen molar-refractivity contribution in [3.63, 3.8) is 0 Å². The van der Waals surface area contributed by atoms with Crippen LogP contribution in [0.2, 0.25) is 0 Å². The highest BCUT2D eigenvalue weighted by Crippen LogP contribution is 2.39. The molecule has 1 fully saturated rings. The van der Waals surface area contributed by atoms with Crippen LogP contribution >= 0.6 is 11.3 Å². The maximum Gasteiger partial charge on any atom is 0.434 e. The average Bonchev–Trinajstić information content (AvgIpc) is 3.59. The van der Waals surface area contributed by atoms with Crippen molar-refractivity contribution in [2.24, 2.45) is 0 Å². The first kappa shape index (κ1) is 36.9. The number of piperazine rings is 1. The van der Waals surface area contributed by atoms with E-state index in [9.17, 15) is 27.6 Å². The highest BCUT2D eigenvalue weighted by molar-refractivity contribution is 7.13. The summed E-state index contributed by atoms with van der Waals surface area (Å²) in [6.45, 7) is 8.14. The minimum Gasteiger partial charge on any atom is -0.351 e. The molecule has 4 aromatic rings. The standard InChI is InChI=1S/C34H42F3N9O3S/c1-5-8-39-33(49)42-29-18-24(32-41-28(21-50-32)34(35,36)37)25(19-40-29)22-6-7-23-27(17-22)46(16-15-45-13-11-44(4)12-14-45)20-26(30(23)47)31(48)38-9-10-43(2)3/h6-7,17-21H,5,8-16H2,1-4H3,(H,38,48)(H2,39,40,42,49). The number of nitrogens with one attached hydrogen (secondary N) is 3. The Morgan fingerprint density at radius 3 is 2.46 bits per heavy atom. The van der Waals surface area contributed by atoms with Crippen molar-refractivity contribution < 1.29 is 22.8 Å². The zero-order chi connectivity index (χ0) is 36.0. The molecule has 0 atom stereocenters. The molecule has 1 aliphatic heterocycles. The predicted octanol–water partition coefficient (Wildman–Crippen LogP) is 4.28. The molecule has 0 bridgehead atoms. The third kappa shape index (κ3) is 9.04. The Labute approximate surface area is 292 Å². The number of urea groups is 1. The molecule has 50 heavy (non-hydrogen) atoms. The molecule has 268 valence electrons. The van der Waals surface area contributed by atoms with E-state index in [1.165, 1.54) is 12.3 Å². The smallest absolute Gasteiger partial charge is 0.351 e. The highest BCUT2D eigenvalue weighted by atomic mass is 32.1. The number of likely N-dealkylation sites (N-methyl/N-ethyl adjacent to an activating group) is 2. The summed E-state index contributed by atoms with van der Waals surface area (Å²) in [4.78, 5) is 54.2. The summed E-state index contributed by atoms with van der Waals surface area (Å²) < 4.78 is 42.6.